The van der Waals surface area contributed by atoms with Crippen LogP contribution in [0.1, 0.15) is 72.6 Å². The van der Waals surface area contributed by atoms with Gasteiger partial charge in [0.2, 0.25) is 11.8 Å². The largest absolute Gasteiger partial charge is 0.480 e. The van der Waals surface area contributed by atoms with E-state index in [-0.39, 0.29) is 11.8 Å². The second kappa shape index (κ2) is 10.3. The lowest BCUT2D eigenvalue weighted by Gasteiger charge is -2.35. The van der Waals surface area contributed by atoms with Crippen LogP contribution in [0.5, 0.6) is 0 Å². The van der Waals surface area contributed by atoms with Crippen molar-refractivity contribution >= 4 is 23.9 Å². The van der Waals surface area contributed by atoms with E-state index in [0.717, 1.165) is 32.1 Å². The molecule has 2 aliphatic rings. The fourth-order valence-electron chi connectivity index (χ4n) is 4.26. The van der Waals surface area contributed by atoms with Gasteiger partial charge in [-0.2, -0.15) is 0 Å². The Morgan fingerprint density at radius 3 is 2.23 bits per heavy atom. The zero-order valence-corrected chi connectivity index (χ0v) is 19.3. The van der Waals surface area contributed by atoms with Gasteiger partial charge in [0.05, 0.1) is 0 Å². The van der Waals surface area contributed by atoms with Gasteiger partial charge in [-0.05, 0) is 59.3 Å². The molecule has 0 aromatic heterocycles. The third-order valence-electron chi connectivity index (χ3n) is 6.15. The van der Waals surface area contributed by atoms with Crippen LogP contribution in [0.3, 0.4) is 0 Å². The predicted molar refractivity (Wildman–Crippen MR) is 114 cm³/mol. The van der Waals surface area contributed by atoms with Crippen LogP contribution in [-0.2, 0) is 19.1 Å². The lowest BCUT2D eigenvalue weighted by atomic mass is 9.83. The van der Waals surface area contributed by atoms with Crippen LogP contribution in [0.2, 0.25) is 0 Å². The van der Waals surface area contributed by atoms with Crippen molar-refractivity contribution in [3.05, 3.63) is 0 Å². The summed E-state index contributed by atoms with van der Waals surface area (Å²) in [6, 6.07) is -2.48. The molecule has 31 heavy (non-hydrogen) atoms. The minimum absolute atomic E-state index is 0.0423. The smallest absolute Gasteiger partial charge is 0.410 e. The molecule has 9 nitrogen and oxygen atoms in total. The predicted octanol–water partition coefficient (Wildman–Crippen LogP) is 2.38. The van der Waals surface area contributed by atoms with Gasteiger partial charge in [-0.1, -0.05) is 19.3 Å². The van der Waals surface area contributed by atoms with Gasteiger partial charge in [0.25, 0.3) is 0 Å². The van der Waals surface area contributed by atoms with Gasteiger partial charge in [-0.3, -0.25) is 14.5 Å². The number of carbonyl (C=O) groups excluding carboxylic acids is 3. The number of carbonyl (C=O) groups is 4. The quantitative estimate of drug-likeness (QED) is 0.656. The van der Waals surface area contributed by atoms with Crippen molar-refractivity contribution in [1.29, 1.82) is 0 Å². The first-order valence-electron chi connectivity index (χ1n) is 11.2. The van der Waals surface area contributed by atoms with Crippen molar-refractivity contribution < 1.29 is 29.0 Å². The monoisotopic (exact) mass is 439 g/mol. The molecule has 1 heterocycles. The molecule has 0 aromatic rings. The number of hydrogen-bond acceptors (Lipinski definition) is 5. The first-order valence-corrected chi connectivity index (χ1v) is 11.2. The van der Waals surface area contributed by atoms with Crippen LogP contribution in [0.4, 0.5) is 4.79 Å². The first-order chi connectivity index (χ1) is 14.4. The van der Waals surface area contributed by atoms with E-state index < -0.39 is 41.7 Å². The standard InChI is InChI=1S/C22H37N3O6/c1-14(24(5)21(30)31-22(2,3)4)18(26)23-17(15-10-7-6-8-11-15)19(27)25-13-9-12-16(25)20(28)29/h14-17H,6-13H2,1-5H3,(H,23,26)(H,28,29). The van der Waals surface area contributed by atoms with Crippen LogP contribution in [-0.4, -0.2) is 76.1 Å². The second-order valence-electron chi connectivity index (χ2n) is 9.68. The van der Waals surface area contributed by atoms with Crippen LogP contribution in [0.15, 0.2) is 0 Å². The molecule has 3 atom stereocenters. The summed E-state index contributed by atoms with van der Waals surface area (Å²) < 4.78 is 5.33. The zero-order valence-electron chi connectivity index (χ0n) is 19.3. The number of ether oxygens (including phenoxy) is 1. The van der Waals surface area contributed by atoms with Gasteiger partial charge in [0, 0.05) is 13.6 Å². The highest BCUT2D eigenvalue weighted by atomic mass is 16.6. The number of hydrogen-bond donors (Lipinski definition) is 2. The molecule has 2 N–H and O–H groups in total. The van der Waals surface area contributed by atoms with Gasteiger partial charge < -0.3 is 20.1 Å². The lowest BCUT2D eigenvalue weighted by molar-refractivity contribution is -0.150. The molecule has 9 heteroatoms. The highest BCUT2D eigenvalue weighted by Gasteiger charge is 2.41. The van der Waals surface area contributed by atoms with E-state index in [0.29, 0.717) is 19.4 Å². The molecule has 1 saturated carbocycles. The molecular weight excluding hydrogens is 402 g/mol. The highest BCUT2D eigenvalue weighted by molar-refractivity contribution is 5.93. The van der Waals surface area contributed by atoms with Crippen molar-refractivity contribution in [3.63, 3.8) is 0 Å². The van der Waals surface area contributed by atoms with Gasteiger partial charge in [0.15, 0.2) is 0 Å². The van der Waals surface area contributed by atoms with Crippen LogP contribution in [0.25, 0.3) is 0 Å². The molecule has 1 aliphatic heterocycles. The molecule has 2 rings (SSSR count). The third-order valence-corrected chi connectivity index (χ3v) is 6.15. The molecule has 3 amide bonds. The summed E-state index contributed by atoms with van der Waals surface area (Å²) in [6.07, 6.45) is 5.07. The summed E-state index contributed by atoms with van der Waals surface area (Å²) in [5, 5.41) is 12.3. The maximum Gasteiger partial charge on any atom is 0.410 e. The summed E-state index contributed by atoms with van der Waals surface area (Å²) in [6.45, 7) is 7.20. The number of nitrogens with zero attached hydrogens (tertiary/aromatic N) is 2. The summed E-state index contributed by atoms with van der Waals surface area (Å²) >= 11 is 0. The molecule has 2 fully saturated rings. The van der Waals surface area contributed by atoms with E-state index in [1.165, 1.54) is 16.8 Å². The van der Waals surface area contributed by atoms with E-state index in [1.807, 2.05) is 0 Å². The highest BCUT2D eigenvalue weighted by Crippen LogP contribution is 2.29. The maximum atomic E-state index is 13.4. The van der Waals surface area contributed by atoms with Crippen molar-refractivity contribution in [2.24, 2.45) is 5.92 Å². The van der Waals surface area contributed by atoms with E-state index in [9.17, 15) is 24.3 Å². The van der Waals surface area contributed by atoms with Gasteiger partial charge in [-0.25, -0.2) is 9.59 Å². The Labute approximate surface area is 184 Å². The van der Waals surface area contributed by atoms with E-state index >= 15 is 0 Å². The van der Waals surface area contributed by atoms with E-state index in [2.05, 4.69) is 5.32 Å². The minimum atomic E-state index is -1.02. The lowest BCUT2D eigenvalue weighted by Crippen LogP contribution is -2.58. The number of nitrogens with one attached hydrogen (secondary N) is 1. The molecule has 1 aliphatic carbocycles. The van der Waals surface area contributed by atoms with Crippen molar-refractivity contribution in [3.8, 4) is 0 Å². The van der Waals surface area contributed by atoms with Crippen molar-refractivity contribution in [2.45, 2.75) is 96.4 Å². The number of likely N-dealkylation sites (N-methyl/N-ethyl adjacent to an activating group) is 1. The molecular formula is C22H37N3O6. The fourth-order valence-corrected chi connectivity index (χ4v) is 4.26. The number of carboxylic acids is 1. The van der Waals surface area contributed by atoms with Crippen molar-refractivity contribution in [2.75, 3.05) is 13.6 Å². The Balaban J connectivity index is 2.15. The second-order valence-corrected chi connectivity index (χ2v) is 9.68. The third kappa shape index (κ3) is 6.58. The minimum Gasteiger partial charge on any atom is -0.480 e. The summed E-state index contributed by atoms with van der Waals surface area (Å²) in [5.41, 5.74) is -0.691. The average molecular weight is 440 g/mol. The Kier molecular flexibility index (Phi) is 8.31. The fraction of sp³-hybridized carbons (Fsp3) is 0.818. The van der Waals surface area contributed by atoms with E-state index in [4.69, 9.17) is 4.74 Å². The number of amides is 3. The Morgan fingerprint density at radius 2 is 1.68 bits per heavy atom. The molecule has 176 valence electrons. The summed E-state index contributed by atoms with van der Waals surface area (Å²) in [5.74, 6) is -1.85. The SMILES string of the molecule is CC(C(=O)NC(C(=O)N1CCCC1C(=O)O)C1CCCCC1)N(C)C(=O)OC(C)(C)C. The van der Waals surface area contributed by atoms with Crippen LogP contribution >= 0.6 is 0 Å². The molecule has 0 radical (unpaired) electrons. The number of carboxylic acid groups (broad SMARTS) is 1. The summed E-state index contributed by atoms with van der Waals surface area (Å²) in [7, 11) is 1.48. The average Bonchev–Trinajstić information content (AvgIpc) is 3.19. The van der Waals surface area contributed by atoms with Crippen LogP contribution < -0.4 is 5.32 Å². The molecule has 0 aromatic carbocycles. The first kappa shape index (κ1) is 24.9. The normalized spacial score (nSPS) is 21.8. The Hall–Kier alpha value is -2.32. The maximum absolute atomic E-state index is 13.4. The number of rotatable bonds is 6. The van der Waals surface area contributed by atoms with Crippen LogP contribution in [0, 0.1) is 5.92 Å². The zero-order chi connectivity index (χ0) is 23.3. The van der Waals surface area contributed by atoms with E-state index in [1.54, 1.807) is 27.7 Å². The Bertz CT molecular complexity index is 683. The summed E-state index contributed by atoms with van der Waals surface area (Å²) in [4.78, 5) is 52.9. The van der Waals surface area contributed by atoms with Gasteiger partial charge >= 0.3 is 12.1 Å². The molecule has 0 spiro atoms. The molecule has 0 bridgehead atoms. The van der Waals surface area contributed by atoms with Crippen molar-refractivity contribution in [1.82, 2.24) is 15.1 Å². The van der Waals surface area contributed by atoms with Gasteiger partial charge in [0.1, 0.15) is 23.7 Å². The van der Waals surface area contributed by atoms with Gasteiger partial charge in [-0.15, -0.1) is 0 Å². The number of likely N-dealkylation sites (tertiary alicyclic amines) is 1. The molecule has 1 saturated heterocycles. The molecule has 3 unspecified atom stereocenters. The Morgan fingerprint density at radius 1 is 1.06 bits per heavy atom. The topological polar surface area (TPSA) is 116 Å². The number of aliphatic carboxylic acids is 1.